The molecule has 0 heterocycles. The first-order valence-electron chi connectivity index (χ1n) is 5.10. The summed E-state index contributed by atoms with van der Waals surface area (Å²) in [5, 5.41) is 9.66. The van der Waals surface area contributed by atoms with Crippen LogP contribution in [0.15, 0.2) is 12.1 Å². The summed E-state index contributed by atoms with van der Waals surface area (Å²) in [5.41, 5.74) is 6.23. The Hall–Kier alpha value is -1.16. The third kappa shape index (κ3) is 2.70. The van der Waals surface area contributed by atoms with Gasteiger partial charge in [-0.3, -0.25) is 0 Å². The third-order valence-corrected chi connectivity index (χ3v) is 2.76. The highest BCUT2D eigenvalue weighted by Crippen LogP contribution is 2.27. The van der Waals surface area contributed by atoms with Crippen LogP contribution in [0.2, 0.25) is 0 Å². The van der Waals surface area contributed by atoms with Gasteiger partial charge in [0, 0.05) is 0 Å². The van der Waals surface area contributed by atoms with Crippen molar-refractivity contribution in [2.75, 3.05) is 0 Å². The molecule has 1 unspecified atom stereocenters. The highest BCUT2D eigenvalue weighted by atomic mass is 19.3. The fourth-order valence-corrected chi connectivity index (χ4v) is 1.49. The molecule has 4 heteroatoms. The van der Waals surface area contributed by atoms with Crippen LogP contribution in [0.1, 0.15) is 23.6 Å². The van der Waals surface area contributed by atoms with E-state index in [0.29, 0.717) is 5.56 Å². The van der Waals surface area contributed by atoms with E-state index in [0.717, 1.165) is 11.1 Å². The van der Waals surface area contributed by atoms with Crippen molar-refractivity contribution >= 4 is 0 Å². The number of rotatable bonds is 3. The zero-order chi connectivity index (χ0) is 12.5. The van der Waals surface area contributed by atoms with E-state index in [1.165, 1.54) is 6.92 Å². The number of alkyl halides is 2. The predicted octanol–water partition coefficient (Wildman–Crippen LogP) is 2.53. The Balaban J connectivity index is 3.02. The SMILES string of the molecule is Cc1cc(O)c(CC(C)(N)C(F)F)cc1C. The minimum Gasteiger partial charge on any atom is -0.508 e. The number of aromatic hydroxyl groups is 1. The average Bonchev–Trinajstić information content (AvgIpc) is 2.13. The van der Waals surface area contributed by atoms with E-state index < -0.39 is 12.0 Å². The molecule has 0 radical (unpaired) electrons. The lowest BCUT2D eigenvalue weighted by Crippen LogP contribution is -2.45. The molecule has 0 spiro atoms. The molecular weight excluding hydrogens is 212 g/mol. The lowest BCUT2D eigenvalue weighted by atomic mass is 9.92. The predicted molar refractivity (Wildman–Crippen MR) is 59.9 cm³/mol. The molecule has 0 amide bonds. The molecule has 90 valence electrons. The molecule has 1 aromatic carbocycles. The van der Waals surface area contributed by atoms with Crippen molar-refractivity contribution in [1.82, 2.24) is 0 Å². The smallest absolute Gasteiger partial charge is 0.256 e. The summed E-state index contributed by atoms with van der Waals surface area (Å²) in [4.78, 5) is 0. The topological polar surface area (TPSA) is 46.2 Å². The van der Waals surface area contributed by atoms with Crippen LogP contribution in [0.3, 0.4) is 0 Å². The minimum atomic E-state index is -2.62. The molecule has 0 aliphatic carbocycles. The van der Waals surface area contributed by atoms with Gasteiger partial charge < -0.3 is 10.8 Å². The number of hydrogen-bond donors (Lipinski definition) is 2. The molecule has 0 saturated carbocycles. The van der Waals surface area contributed by atoms with E-state index in [-0.39, 0.29) is 12.2 Å². The summed E-state index contributed by atoms with van der Waals surface area (Å²) in [6, 6.07) is 3.28. The molecule has 1 aromatic rings. The van der Waals surface area contributed by atoms with Crippen molar-refractivity contribution < 1.29 is 13.9 Å². The second-order valence-corrected chi connectivity index (χ2v) is 4.55. The van der Waals surface area contributed by atoms with Gasteiger partial charge in [0.25, 0.3) is 6.43 Å². The van der Waals surface area contributed by atoms with Crippen molar-refractivity contribution in [1.29, 1.82) is 0 Å². The average molecular weight is 229 g/mol. The Labute approximate surface area is 94.1 Å². The van der Waals surface area contributed by atoms with E-state index in [1.54, 1.807) is 12.1 Å². The number of phenolic OH excluding ortho intramolecular Hbond substituents is 1. The number of nitrogens with two attached hydrogens (primary N) is 1. The highest BCUT2D eigenvalue weighted by molar-refractivity contribution is 5.41. The third-order valence-electron chi connectivity index (χ3n) is 2.76. The molecule has 0 fully saturated rings. The van der Waals surface area contributed by atoms with Gasteiger partial charge in [-0.15, -0.1) is 0 Å². The van der Waals surface area contributed by atoms with E-state index in [9.17, 15) is 13.9 Å². The van der Waals surface area contributed by atoms with Crippen LogP contribution in [0.25, 0.3) is 0 Å². The number of phenols is 1. The van der Waals surface area contributed by atoms with Crippen molar-refractivity contribution in [3.63, 3.8) is 0 Å². The normalized spacial score (nSPS) is 15.2. The van der Waals surface area contributed by atoms with E-state index in [4.69, 9.17) is 5.73 Å². The first kappa shape index (κ1) is 12.9. The molecule has 0 saturated heterocycles. The number of aryl methyl sites for hydroxylation is 2. The highest BCUT2D eigenvalue weighted by Gasteiger charge is 2.31. The van der Waals surface area contributed by atoms with Crippen molar-refractivity contribution in [3.8, 4) is 5.75 Å². The van der Waals surface area contributed by atoms with Crippen LogP contribution >= 0.6 is 0 Å². The molecule has 0 bridgehead atoms. The molecule has 1 rings (SSSR count). The zero-order valence-corrected chi connectivity index (χ0v) is 9.72. The first-order chi connectivity index (χ1) is 7.24. The van der Waals surface area contributed by atoms with Crippen molar-refractivity contribution in [2.45, 2.75) is 39.2 Å². The van der Waals surface area contributed by atoms with E-state index in [1.807, 2.05) is 13.8 Å². The Kier molecular flexibility index (Phi) is 3.53. The number of benzene rings is 1. The molecule has 0 aliphatic heterocycles. The van der Waals surface area contributed by atoms with Crippen molar-refractivity contribution in [3.05, 3.63) is 28.8 Å². The van der Waals surface area contributed by atoms with Crippen LogP contribution in [0, 0.1) is 13.8 Å². The molecule has 0 aromatic heterocycles. The number of halogens is 2. The van der Waals surface area contributed by atoms with E-state index >= 15 is 0 Å². The second-order valence-electron chi connectivity index (χ2n) is 4.55. The fourth-order valence-electron chi connectivity index (χ4n) is 1.49. The van der Waals surface area contributed by atoms with Gasteiger partial charge in [-0.1, -0.05) is 6.07 Å². The number of hydrogen-bond acceptors (Lipinski definition) is 2. The summed E-state index contributed by atoms with van der Waals surface area (Å²) in [6.07, 6.45) is -2.66. The molecular formula is C12H17F2NO. The van der Waals surface area contributed by atoms with Crippen molar-refractivity contribution in [2.24, 2.45) is 5.73 Å². The van der Waals surface area contributed by atoms with Crippen LogP contribution in [0.4, 0.5) is 8.78 Å². The van der Waals surface area contributed by atoms with Gasteiger partial charge >= 0.3 is 0 Å². The van der Waals surface area contributed by atoms with E-state index in [2.05, 4.69) is 0 Å². The Bertz CT molecular complexity index is 389. The maximum atomic E-state index is 12.6. The van der Waals surface area contributed by atoms with Gasteiger partial charge in [0.1, 0.15) is 5.75 Å². The first-order valence-corrected chi connectivity index (χ1v) is 5.10. The Morgan fingerprint density at radius 1 is 1.31 bits per heavy atom. The Morgan fingerprint density at radius 3 is 2.31 bits per heavy atom. The monoisotopic (exact) mass is 229 g/mol. The fraction of sp³-hybridized carbons (Fsp3) is 0.500. The second kappa shape index (κ2) is 4.37. The maximum absolute atomic E-state index is 12.6. The van der Waals surface area contributed by atoms with Gasteiger partial charge in [0.15, 0.2) is 0 Å². The molecule has 0 aliphatic rings. The standard InChI is InChI=1S/C12H17F2NO/c1-7-4-9(10(16)5-8(7)2)6-12(3,15)11(13)14/h4-5,11,16H,6,15H2,1-3H3. The van der Waals surface area contributed by atoms with Gasteiger partial charge in [0.2, 0.25) is 0 Å². The minimum absolute atomic E-state index is 0.0282. The van der Waals surface area contributed by atoms with Crippen LogP contribution in [-0.4, -0.2) is 17.1 Å². The maximum Gasteiger partial charge on any atom is 0.256 e. The quantitative estimate of drug-likeness (QED) is 0.836. The lowest BCUT2D eigenvalue weighted by molar-refractivity contribution is 0.0636. The zero-order valence-electron chi connectivity index (χ0n) is 9.72. The van der Waals surface area contributed by atoms with Crippen LogP contribution in [-0.2, 0) is 6.42 Å². The molecule has 16 heavy (non-hydrogen) atoms. The van der Waals surface area contributed by atoms with Gasteiger partial charge in [0.05, 0.1) is 5.54 Å². The van der Waals surface area contributed by atoms with Gasteiger partial charge in [-0.2, -0.15) is 0 Å². The Morgan fingerprint density at radius 2 is 1.81 bits per heavy atom. The molecule has 3 N–H and O–H groups in total. The van der Waals surface area contributed by atoms with Crippen LogP contribution in [0.5, 0.6) is 5.75 Å². The summed E-state index contributed by atoms with van der Waals surface area (Å²) in [6.45, 7) is 5.01. The summed E-state index contributed by atoms with van der Waals surface area (Å²) >= 11 is 0. The summed E-state index contributed by atoms with van der Waals surface area (Å²) in [5.74, 6) is 0.0282. The molecule has 2 nitrogen and oxygen atoms in total. The largest absolute Gasteiger partial charge is 0.508 e. The van der Waals surface area contributed by atoms with Crippen LogP contribution < -0.4 is 5.73 Å². The lowest BCUT2D eigenvalue weighted by Gasteiger charge is -2.24. The van der Waals surface area contributed by atoms with Gasteiger partial charge in [-0.05, 0) is 49.9 Å². The summed E-state index contributed by atoms with van der Waals surface area (Å²) < 4.78 is 25.2. The molecule has 1 atom stereocenters. The summed E-state index contributed by atoms with van der Waals surface area (Å²) in [7, 11) is 0. The van der Waals surface area contributed by atoms with Gasteiger partial charge in [-0.25, -0.2) is 8.78 Å².